The van der Waals surface area contributed by atoms with Crippen LogP contribution in [0.25, 0.3) is 21.7 Å². The summed E-state index contributed by atoms with van der Waals surface area (Å²) in [5.41, 5.74) is 1.60. The van der Waals surface area contributed by atoms with E-state index >= 15 is 0 Å². The molecule has 1 atom stereocenters. The number of aryl methyl sites for hydroxylation is 1. The highest BCUT2D eigenvalue weighted by Crippen LogP contribution is 2.38. The standard InChI is InChI=1S/C21H20N4O4S2/c1-11-3-8-14-15(9-11)31-19-17(14)18(28)24(12-4-6-13(29-2)7-5-12)20-22-23-21(25(19)20)30-10-16(26)27/h4-7,11H,3,8-10H2,1-2H3,(H,26,27)/p-1/t11-/m1/s1. The van der Waals surface area contributed by atoms with E-state index in [9.17, 15) is 14.7 Å². The Balaban J connectivity index is 1.84. The topological polar surface area (TPSA) is 102 Å². The van der Waals surface area contributed by atoms with Gasteiger partial charge in [0, 0.05) is 10.6 Å². The Morgan fingerprint density at radius 1 is 1.32 bits per heavy atom. The van der Waals surface area contributed by atoms with Crippen LogP contribution >= 0.6 is 23.1 Å². The molecule has 0 radical (unpaired) electrons. The van der Waals surface area contributed by atoms with Crippen LogP contribution in [-0.4, -0.2) is 38.0 Å². The van der Waals surface area contributed by atoms with Gasteiger partial charge in [0.15, 0.2) is 5.16 Å². The molecule has 0 saturated carbocycles. The van der Waals surface area contributed by atoms with Crippen molar-refractivity contribution < 1.29 is 14.6 Å². The summed E-state index contributed by atoms with van der Waals surface area (Å²) in [6.45, 7) is 2.22. The smallest absolute Gasteiger partial charge is 0.268 e. The number of aliphatic carboxylic acids is 1. The Bertz CT molecular complexity index is 1370. The first kappa shape index (κ1) is 20.1. The van der Waals surface area contributed by atoms with Gasteiger partial charge in [0.05, 0.1) is 24.2 Å². The van der Waals surface area contributed by atoms with Crippen LogP contribution in [0.3, 0.4) is 0 Å². The van der Waals surface area contributed by atoms with Gasteiger partial charge in [-0.2, -0.15) is 0 Å². The molecule has 0 amide bonds. The zero-order valence-corrected chi connectivity index (χ0v) is 18.6. The fourth-order valence-electron chi connectivity index (χ4n) is 4.08. The van der Waals surface area contributed by atoms with Crippen molar-refractivity contribution in [2.45, 2.75) is 31.3 Å². The van der Waals surface area contributed by atoms with Crippen molar-refractivity contribution in [3.05, 3.63) is 45.1 Å². The molecule has 0 saturated heterocycles. The minimum Gasteiger partial charge on any atom is -0.549 e. The third kappa shape index (κ3) is 3.30. The predicted octanol–water partition coefficient (Wildman–Crippen LogP) is 2.07. The number of carbonyl (C=O) groups is 1. The summed E-state index contributed by atoms with van der Waals surface area (Å²) in [6, 6.07) is 7.18. The maximum atomic E-state index is 13.7. The van der Waals surface area contributed by atoms with Crippen molar-refractivity contribution in [3.63, 3.8) is 0 Å². The molecule has 0 spiro atoms. The van der Waals surface area contributed by atoms with E-state index in [4.69, 9.17) is 4.74 Å². The molecule has 160 valence electrons. The van der Waals surface area contributed by atoms with Crippen LogP contribution < -0.4 is 15.4 Å². The fourth-order valence-corrected chi connectivity index (χ4v) is 6.29. The lowest BCUT2D eigenvalue weighted by Crippen LogP contribution is -2.24. The van der Waals surface area contributed by atoms with Gasteiger partial charge in [0.1, 0.15) is 10.6 Å². The Morgan fingerprint density at radius 3 is 2.81 bits per heavy atom. The van der Waals surface area contributed by atoms with Crippen molar-refractivity contribution in [2.24, 2.45) is 5.92 Å². The average Bonchev–Trinajstić information content (AvgIpc) is 3.33. The van der Waals surface area contributed by atoms with E-state index in [1.165, 1.54) is 4.88 Å². The number of thioether (sulfide) groups is 1. The largest absolute Gasteiger partial charge is 0.549 e. The highest BCUT2D eigenvalue weighted by Gasteiger charge is 2.27. The van der Waals surface area contributed by atoms with E-state index in [1.807, 2.05) is 4.40 Å². The average molecular weight is 456 g/mol. The number of carboxylic acids is 1. The van der Waals surface area contributed by atoms with Gasteiger partial charge in [-0.15, -0.1) is 21.5 Å². The molecule has 10 heteroatoms. The minimum absolute atomic E-state index is 0.136. The third-order valence-corrected chi connectivity index (χ3v) is 7.72. The number of hydrogen-bond acceptors (Lipinski definition) is 8. The predicted molar refractivity (Wildman–Crippen MR) is 117 cm³/mol. The molecule has 8 nitrogen and oxygen atoms in total. The highest BCUT2D eigenvalue weighted by atomic mass is 32.2. The third-order valence-electron chi connectivity index (χ3n) is 5.58. The molecule has 31 heavy (non-hydrogen) atoms. The molecule has 4 aromatic rings. The van der Waals surface area contributed by atoms with Gasteiger partial charge in [-0.1, -0.05) is 18.7 Å². The molecule has 0 unspecified atom stereocenters. The SMILES string of the molecule is COc1ccc(-n2c(=O)c3c4c(sc3n3c(SCC(=O)[O-])nnc23)C[C@H](C)CC4)cc1. The maximum absolute atomic E-state index is 13.7. The number of benzene rings is 1. The van der Waals surface area contributed by atoms with Crippen molar-refractivity contribution >= 4 is 45.1 Å². The van der Waals surface area contributed by atoms with E-state index in [1.54, 1.807) is 47.3 Å². The first-order valence-electron chi connectivity index (χ1n) is 9.89. The summed E-state index contributed by atoms with van der Waals surface area (Å²) in [7, 11) is 1.59. The quantitative estimate of drug-likeness (QED) is 0.425. The molecule has 5 rings (SSSR count). The van der Waals surface area contributed by atoms with E-state index in [-0.39, 0.29) is 11.3 Å². The highest BCUT2D eigenvalue weighted by molar-refractivity contribution is 7.99. The first-order chi connectivity index (χ1) is 15.0. The first-order valence-corrected chi connectivity index (χ1v) is 11.7. The Labute approximate surface area is 185 Å². The summed E-state index contributed by atoms with van der Waals surface area (Å²) >= 11 is 2.62. The number of aromatic nitrogens is 4. The number of carboxylic acid groups (broad SMARTS) is 1. The summed E-state index contributed by atoms with van der Waals surface area (Å²) < 4.78 is 8.59. The van der Waals surface area contributed by atoms with Crippen LogP contribution in [0.1, 0.15) is 23.8 Å². The molecule has 0 N–H and O–H groups in total. The molecule has 1 aliphatic carbocycles. The second-order valence-corrected chi connectivity index (χ2v) is 9.68. The fraction of sp³-hybridized carbons (Fsp3) is 0.333. The van der Waals surface area contributed by atoms with Crippen LogP contribution in [0.5, 0.6) is 5.75 Å². The summed E-state index contributed by atoms with van der Waals surface area (Å²) in [5.74, 6) is 0.178. The number of thiophene rings is 1. The Morgan fingerprint density at radius 2 is 2.10 bits per heavy atom. The molecule has 3 heterocycles. The van der Waals surface area contributed by atoms with E-state index < -0.39 is 5.97 Å². The normalized spacial score (nSPS) is 16.0. The van der Waals surface area contributed by atoms with Gasteiger partial charge < -0.3 is 14.6 Å². The maximum Gasteiger partial charge on any atom is 0.268 e. The molecule has 0 aliphatic heterocycles. The number of rotatable bonds is 5. The van der Waals surface area contributed by atoms with Gasteiger partial charge in [-0.25, -0.2) is 8.97 Å². The summed E-state index contributed by atoms with van der Waals surface area (Å²) in [5, 5.41) is 20.6. The minimum atomic E-state index is -1.18. The number of methoxy groups -OCH3 is 1. The van der Waals surface area contributed by atoms with Crippen molar-refractivity contribution in [3.8, 4) is 11.4 Å². The lowest BCUT2D eigenvalue weighted by Gasteiger charge is -2.17. The van der Waals surface area contributed by atoms with Crippen LogP contribution in [-0.2, 0) is 17.6 Å². The lowest BCUT2D eigenvalue weighted by molar-refractivity contribution is -0.301. The van der Waals surface area contributed by atoms with Crippen LogP contribution in [0.4, 0.5) is 0 Å². The van der Waals surface area contributed by atoms with Crippen molar-refractivity contribution in [1.29, 1.82) is 0 Å². The van der Waals surface area contributed by atoms with Crippen LogP contribution in [0.2, 0.25) is 0 Å². The lowest BCUT2D eigenvalue weighted by atomic mass is 9.89. The van der Waals surface area contributed by atoms with Crippen molar-refractivity contribution in [2.75, 3.05) is 12.9 Å². The molecular formula is C21H19N4O4S2-. The Kier molecular flexibility index (Phi) is 4.98. The number of carbonyl (C=O) groups excluding carboxylic acids is 1. The van der Waals surface area contributed by atoms with Gasteiger partial charge in [0.25, 0.3) is 5.56 Å². The monoisotopic (exact) mass is 455 g/mol. The van der Waals surface area contributed by atoms with Gasteiger partial charge >= 0.3 is 0 Å². The van der Waals surface area contributed by atoms with Gasteiger partial charge in [-0.3, -0.25) is 4.79 Å². The number of hydrogen-bond donors (Lipinski definition) is 0. The molecule has 1 aromatic carbocycles. The van der Waals surface area contributed by atoms with Crippen LogP contribution in [0, 0.1) is 5.92 Å². The van der Waals surface area contributed by atoms with E-state index in [0.717, 1.165) is 41.4 Å². The molecular weight excluding hydrogens is 436 g/mol. The van der Waals surface area contributed by atoms with Gasteiger partial charge in [0.2, 0.25) is 5.78 Å². The molecule has 0 fully saturated rings. The number of fused-ring (bicyclic) bond motifs is 5. The van der Waals surface area contributed by atoms with E-state index in [0.29, 0.717) is 33.7 Å². The molecule has 1 aliphatic rings. The summed E-state index contributed by atoms with van der Waals surface area (Å²) in [6.07, 6.45) is 2.82. The zero-order valence-electron chi connectivity index (χ0n) is 17.0. The Hall–Kier alpha value is -2.85. The zero-order chi connectivity index (χ0) is 21.7. The van der Waals surface area contributed by atoms with Gasteiger partial charge in [-0.05, 0) is 55.0 Å². The second kappa shape index (κ2) is 7.69. The summed E-state index contributed by atoms with van der Waals surface area (Å²) in [4.78, 5) is 26.8. The number of ether oxygens (including phenoxy) is 1. The number of nitrogens with zero attached hydrogens (tertiary/aromatic N) is 4. The molecule has 0 bridgehead atoms. The van der Waals surface area contributed by atoms with Crippen LogP contribution in [0.15, 0.2) is 34.2 Å². The molecule has 3 aromatic heterocycles. The van der Waals surface area contributed by atoms with Crippen molar-refractivity contribution in [1.82, 2.24) is 19.2 Å². The second-order valence-electron chi connectivity index (χ2n) is 7.65. The van der Waals surface area contributed by atoms with E-state index in [2.05, 4.69) is 17.1 Å².